The first-order valence-electron chi connectivity index (χ1n) is 10.5. The van der Waals surface area contributed by atoms with E-state index in [2.05, 4.69) is 40.2 Å². The molecule has 3 aliphatic heterocycles. The van der Waals surface area contributed by atoms with Crippen molar-refractivity contribution in [3.63, 3.8) is 0 Å². The highest BCUT2D eigenvalue weighted by atomic mass is 16.2. The molecule has 2 bridgehead atoms. The monoisotopic (exact) mass is 377 g/mol. The summed E-state index contributed by atoms with van der Waals surface area (Å²) in [6, 6.07) is 15.1. The van der Waals surface area contributed by atoms with Crippen LogP contribution in [0, 0.1) is 11.8 Å². The van der Waals surface area contributed by atoms with E-state index in [4.69, 9.17) is 0 Å². The summed E-state index contributed by atoms with van der Waals surface area (Å²) >= 11 is 0. The van der Waals surface area contributed by atoms with Gasteiger partial charge in [0.1, 0.15) is 0 Å². The quantitative estimate of drug-likeness (QED) is 0.875. The summed E-state index contributed by atoms with van der Waals surface area (Å²) in [5.41, 5.74) is 1.85. The Labute approximate surface area is 165 Å². The van der Waals surface area contributed by atoms with Gasteiger partial charge in [0.05, 0.1) is 5.56 Å². The van der Waals surface area contributed by atoms with Crippen LogP contribution in [0.25, 0.3) is 0 Å². The number of fused-ring (bicyclic) bond motifs is 4. The van der Waals surface area contributed by atoms with Crippen LogP contribution in [0.15, 0.2) is 53.5 Å². The van der Waals surface area contributed by atoms with Crippen LogP contribution in [0.2, 0.25) is 0 Å². The van der Waals surface area contributed by atoms with Gasteiger partial charge in [0.15, 0.2) is 0 Å². The maximum atomic E-state index is 13.0. The van der Waals surface area contributed by atoms with Gasteiger partial charge in [-0.25, -0.2) is 0 Å². The van der Waals surface area contributed by atoms with Crippen molar-refractivity contribution in [2.24, 2.45) is 11.8 Å². The fraction of sp³-hybridized carbons (Fsp3) is 0.478. The van der Waals surface area contributed by atoms with Gasteiger partial charge in [0, 0.05) is 44.0 Å². The number of hydrogen-bond donors (Lipinski definition) is 1. The normalized spacial score (nSPS) is 29.9. The van der Waals surface area contributed by atoms with E-state index in [1.165, 1.54) is 37.3 Å². The number of benzene rings is 1. The van der Waals surface area contributed by atoms with Crippen molar-refractivity contribution in [3.05, 3.63) is 70.1 Å². The number of aromatic amines is 1. The molecule has 4 heterocycles. The van der Waals surface area contributed by atoms with E-state index >= 15 is 0 Å². The number of piperidine rings is 3. The van der Waals surface area contributed by atoms with Crippen LogP contribution in [-0.2, 0) is 0 Å². The molecule has 0 radical (unpaired) electrons. The molecule has 0 unspecified atom stereocenters. The van der Waals surface area contributed by atoms with E-state index < -0.39 is 0 Å². The van der Waals surface area contributed by atoms with Crippen LogP contribution < -0.4 is 5.56 Å². The Morgan fingerprint density at radius 3 is 2.64 bits per heavy atom. The van der Waals surface area contributed by atoms with Gasteiger partial charge in [0.25, 0.3) is 5.91 Å². The maximum absolute atomic E-state index is 13.0. The first-order valence-corrected chi connectivity index (χ1v) is 10.5. The molecule has 28 heavy (non-hydrogen) atoms. The van der Waals surface area contributed by atoms with Gasteiger partial charge in [-0.3, -0.25) is 14.5 Å². The van der Waals surface area contributed by atoms with E-state index in [1.54, 1.807) is 12.3 Å². The third-order valence-corrected chi connectivity index (χ3v) is 6.89. The Morgan fingerprint density at radius 2 is 1.86 bits per heavy atom. The first kappa shape index (κ1) is 17.7. The highest BCUT2D eigenvalue weighted by Crippen LogP contribution is 2.44. The summed E-state index contributed by atoms with van der Waals surface area (Å²) in [6.45, 7) is 2.73. The van der Waals surface area contributed by atoms with Crippen LogP contribution in [-0.4, -0.2) is 46.4 Å². The van der Waals surface area contributed by atoms with Crippen molar-refractivity contribution >= 4 is 5.91 Å². The molecule has 1 aromatic carbocycles. The fourth-order valence-corrected chi connectivity index (χ4v) is 5.73. The summed E-state index contributed by atoms with van der Waals surface area (Å²) in [5.74, 6) is 1.13. The standard InChI is InChI=1S/C23H27N3O2/c27-22-10-9-18(12-24-22)23(28)25-13-16-11-19(15-25)21-8-4-7-20(26(21)14-16)17-5-2-1-3-6-17/h1-3,5-6,9-10,12,16,19-21H,4,7-8,11,13-15H2,(H,24,27)/t16-,19+,20+,21-/m0/s1. The van der Waals surface area contributed by atoms with Gasteiger partial charge in [-0.2, -0.15) is 0 Å². The second-order valence-electron chi connectivity index (χ2n) is 8.64. The number of pyridine rings is 1. The number of aromatic nitrogens is 1. The number of carbonyl (C=O) groups is 1. The molecule has 5 heteroatoms. The number of likely N-dealkylation sites (tertiary alicyclic amines) is 1. The van der Waals surface area contributed by atoms with Crippen molar-refractivity contribution < 1.29 is 4.79 Å². The number of hydrogen-bond acceptors (Lipinski definition) is 3. The molecule has 0 saturated carbocycles. The Morgan fingerprint density at radius 1 is 1.00 bits per heavy atom. The molecule has 5 nitrogen and oxygen atoms in total. The van der Waals surface area contributed by atoms with E-state index in [1.807, 2.05) is 4.90 Å². The predicted molar refractivity (Wildman–Crippen MR) is 108 cm³/mol. The number of H-pyrrole nitrogens is 1. The maximum Gasteiger partial charge on any atom is 0.255 e. The largest absolute Gasteiger partial charge is 0.338 e. The van der Waals surface area contributed by atoms with Gasteiger partial charge in [-0.05, 0) is 49.1 Å². The zero-order chi connectivity index (χ0) is 19.1. The smallest absolute Gasteiger partial charge is 0.255 e. The number of rotatable bonds is 2. The second kappa shape index (κ2) is 7.21. The molecule has 3 saturated heterocycles. The van der Waals surface area contributed by atoms with Crippen LogP contribution in [0.1, 0.15) is 47.6 Å². The third-order valence-electron chi connectivity index (χ3n) is 6.89. The molecular formula is C23H27N3O2. The van der Waals surface area contributed by atoms with Crippen molar-refractivity contribution in [1.29, 1.82) is 0 Å². The van der Waals surface area contributed by atoms with Crippen LogP contribution in [0.3, 0.4) is 0 Å². The minimum absolute atomic E-state index is 0.0508. The van der Waals surface area contributed by atoms with Crippen molar-refractivity contribution in [2.75, 3.05) is 19.6 Å². The minimum Gasteiger partial charge on any atom is -0.338 e. The molecular weight excluding hydrogens is 350 g/mol. The predicted octanol–water partition coefficient (Wildman–Crippen LogP) is 3.06. The topological polar surface area (TPSA) is 56.4 Å². The average molecular weight is 377 g/mol. The SMILES string of the molecule is O=C(c1ccc(=O)[nH]c1)N1C[C@@H]2C[C@H](C1)[C@@H]1CCC[C@H](c3ccccc3)N1C2. The molecule has 2 aromatic rings. The average Bonchev–Trinajstić information content (AvgIpc) is 2.74. The minimum atomic E-state index is -0.170. The Hall–Kier alpha value is -2.40. The number of carbonyl (C=O) groups excluding carboxylic acids is 1. The lowest BCUT2D eigenvalue weighted by atomic mass is 9.74. The van der Waals surface area contributed by atoms with Crippen LogP contribution in [0.5, 0.6) is 0 Å². The molecule has 1 amide bonds. The summed E-state index contributed by atoms with van der Waals surface area (Å²) in [5, 5.41) is 0. The van der Waals surface area contributed by atoms with Gasteiger partial charge in [-0.15, -0.1) is 0 Å². The van der Waals surface area contributed by atoms with Crippen LogP contribution in [0.4, 0.5) is 0 Å². The van der Waals surface area contributed by atoms with Crippen molar-refractivity contribution in [1.82, 2.24) is 14.8 Å². The molecule has 0 spiro atoms. The molecule has 3 fully saturated rings. The fourth-order valence-electron chi connectivity index (χ4n) is 5.73. The Kier molecular flexibility index (Phi) is 4.55. The number of nitrogens with zero attached hydrogens (tertiary/aromatic N) is 2. The summed E-state index contributed by atoms with van der Waals surface area (Å²) in [6.07, 6.45) is 6.52. The molecule has 1 aromatic heterocycles. The molecule has 146 valence electrons. The molecule has 1 N–H and O–H groups in total. The molecule has 3 aliphatic rings. The third kappa shape index (κ3) is 3.18. The summed E-state index contributed by atoms with van der Waals surface area (Å²) in [4.78, 5) is 31.7. The lowest BCUT2D eigenvalue weighted by molar-refractivity contribution is -0.0511. The highest BCUT2D eigenvalue weighted by Gasteiger charge is 2.45. The lowest BCUT2D eigenvalue weighted by Gasteiger charge is -2.55. The van der Waals surface area contributed by atoms with Crippen LogP contribution >= 0.6 is 0 Å². The molecule has 4 atom stereocenters. The molecule has 5 rings (SSSR count). The first-order chi connectivity index (χ1) is 13.7. The zero-order valence-corrected chi connectivity index (χ0v) is 16.1. The molecule has 0 aliphatic carbocycles. The van der Waals surface area contributed by atoms with Gasteiger partial charge >= 0.3 is 0 Å². The van der Waals surface area contributed by atoms with E-state index in [0.717, 1.165) is 19.6 Å². The second-order valence-corrected chi connectivity index (χ2v) is 8.64. The Balaban J connectivity index is 1.36. The van der Waals surface area contributed by atoms with Crippen molar-refractivity contribution in [3.8, 4) is 0 Å². The van der Waals surface area contributed by atoms with Crippen molar-refractivity contribution in [2.45, 2.75) is 37.8 Å². The summed E-state index contributed by atoms with van der Waals surface area (Å²) < 4.78 is 0. The Bertz CT molecular complexity index is 889. The van der Waals surface area contributed by atoms with Gasteiger partial charge in [-0.1, -0.05) is 30.3 Å². The highest BCUT2D eigenvalue weighted by molar-refractivity contribution is 5.94. The lowest BCUT2D eigenvalue weighted by Crippen LogP contribution is -2.60. The van der Waals surface area contributed by atoms with E-state index in [9.17, 15) is 9.59 Å². The van der Waals surface area contributed by atoms with E-state index in [0.29, 0.717) is 29.5 Å². The van der Waals surface area contributed by atoms with Gasteiger partial charge < -0.3 is 9.88 Å². The number of nitrogens with one attached hydrogen (secondary N) is 1. The summed E-state index contributed by atoms with van der Waals surface area (Å²) in [7, 11) is 0. The zero-order valence-electron chi connectivity index (χ0n) is 16.1. The van der Waals surface area contributed by atoms with Gasteiger partial charge in [0.2, 0.25) is 5.56 Å². The van der Waals surface area contributed by atoms with E-state index in [-0.39, 0.29) is 11.5 Å². The number of amides is 1.